The summed E-state index contributed by atoms with van der Waals surface area (Å²) in [6.07, 6.45) is 4.86. The van der Waals surface area contributed by atoms with Gasteiger partial charge < -0.3 is 24.8 Å². The molecule has 1 aliphatic heterocycles. The molecule has 0 radical (unpaired) electrons. The van der Waals surface area contributed by atoms with E-state index in [1.54, 1.807) is 7.11 Å². The van der Waals surface area contributed by atoms with Gasteiger partial charge >= 0.3 is 0 Å². The fourth-order valence-corrected chi connectivity index (χ4v) is 5.02. The number of anilines is 1. The van der Waals surface area contributed by atoms with Gasteiger partial charge in [0, 0.05) is 36.9 Å². The van der Waals surface area contributed by atoms with Crippen LogP contribution >= 0.6 is 12.2 Å². The van der Waals surface area contributed by atoms with Gasteiger partial charge in [0.2, 0.25) is 0 Å². The van der Waals surface area contributed by atoms with Crippen molar-refractivity contribution in [1.29, 1.82) is 0 Å². The Kier molecular flexibility index (Phi) is 6.95. The number of aromatic nitrogens is 2. The lowest BCUT2D eigenvalue weighted by molar-refractivity contribution is 0.307. The molecule has 2 N–H and O–H groups in total. The molecule has 2 atom stereocenters. The number of methoxy groups -OCH3 is 1. The molecule has 7 heteroatoms. The molecule has 2 aromatic carbocycles. The second kappa shape index (κ2) is 10.6. The van der Waals surface area contributed by atoms with E-state index in [0.717, 1.165) is 53.1 Å². The second-order valence-electron chi connectivity index (χ2n) is 8.44. The van der Waals surface area contributed by atoms with Crippen molar-refractivity contribution in [2.75, 3.05) is 25.5 Å². The molecule has 0 amide bonds. The van der Waals surface area contributed by atoms with Crippen LogP contribution in [0.1, 0.15) is 29.9 Å². The average molecular weight is 484 g/mol. The molecule has 4 aromatic rings. The van der Waals surface area contributed by atoms with Crippen LogP contribution < -0.4 is 15.4 Å². The molecule has 0 spiro atoms. The van der Waals surface area contributed by atoms with Crippen molar-refractivity contribution in [2.24, 2.45) is 0 Å². The predicted molar refractivity (Wildman–Crippen MR) is 144 cm³/mol. The van der Waals surface area contributed by atoms with Gasteiger partial charge in [-0.1, -0.05) is 36.4 Å². The molecule has 0 aliphatic carbocycles. The van der Waals surface area contributed by atoms with Crippen molar-refractivity contribution in [1.82, 2.24) is 19.8 Å². The Balaban J connectivity index is 1.45. The lowest BCUT2D eigenvalue weighted by atomic mass is 10.0. The summed E-state index contributed by atoms with van der Waals surface area (Å²) in [4.78, 5) is 6.96. The summed E-state index contributed by atoms with van der Waals surface area (Å²) >= 11 is 5.85. The molecule has 0 bridgehead atoms. The minimum Gasteiger partial charge on any atom is -0.495 e. The first-order valence-electron chi connectivity index (χ1n) is 11.8. The lowest BCUT2D eigenvalue weighted by Crippen LogP contribution is -2.32. The Hall–Kier alpha value is -3.84. The van der Waals surface area contributed by atoms with Crippen molar-refractivity contribution >= 4 is 23.0 Å². The molecule has 35 heavy (non-hydrogen) atoms. The number of pyridine rings is 1. The first-order chi connectivity index (χ1) is 17.3. The number of ether oxygens (including phenoxy) is 1. The Bertz CT molecular complexity index is 1260. The van der Waals surface area contributed by atoms with Crippen molar-refractivity contribution in [3.05, 3.63) is 109 Å². The average Bonchev–Trinajstić information content (AvgIpc) is 3.52. The van der Waals surface area contributed by atoms with E-state index in [-0.39, 0.29) is 12.1 Å². The maximum Gasteiger partial charge on any atom is 0.170 e. The van der Waals surface area contributed by atoms with Crippen molar-refractivity contribution in [3.8, 4) is 11.4 Å². The minimum atomic E-state index is -0.0610. The van der Waals surface area contributed by atoms with Gasteiger partial charge in [-0.25, -0.2) is 0 Å². The summed E-state index contributed by atoms with van der Waals surface area (Å²) in [5.74, 6) is 0.825. The van der Waals surface area contributed by atoms with Gasteiger partial charge in [-0.05, 0) is 67.2 Å². The van der Waals surface area contributed by atoms with Gasteiger partial charge in [-0.2, -0.15) is 0 Å². The Morgan fingerprint density at radius 3 is 2.57 bits per heavy atom. The van der Waals surface area contributed by atoms with Gasteiger partial charge in [0.25, 0.3) is 0 Å². The molecule has 6 nitrogen and oxygen atoms in total. The minimum absolute atomic E-state index is 0.0194. The highest BCUT2D eigenvalue weighted by Crippen LogP contribution is 2.40. The van der Waals surface area contributed by atoms with Crippen LogP contribution in [-0.4, -0.2) is 39.8 Å². The highest BCUT2D eigenvalue weighted by Gasteiger charge is 2.41. The molecule has 3 heterocycles. The number of rotatable bonds is 9. The number of nitrogens with zero attached hydrogens (tertiary/aromatic N) is 3. The first-order valence-corrected chi connectivity index (χ1v) is 12.2. The third kappa shape index (κ3) is 4.86. The van der Waals surface area contributed by atoms with E-state index in [1.807, 2.05) is 54.7 Å². The quantitative estimate of drug-likeness (QED) is 0.247. The summed E-state index contributed by atoms with van der Waals surface area (Å²) in [6.45, 7) is 1.67. The summed E-state index contributed by atoms with van der Waals surface area (Å²) in [7, 11) is 1.71. The van der Waals surface area contributed by atoms with E-state index >= 15 is 0 Å². The molecule has 1 saturated heterocycles. The number of para-hydroxylation sites is 3. The smallest absolute Gasteiger partial charge is 0.170 e. The highest BCUT2D eigenvalue weighted by molar-refractivity contribution is 7.80. The van der Waals surface area contributed by atoms with Crippen LogP contribution in [0.5, 0.6) is 5.75 Å². The zero-order valence-electron chi connectivity index (χ0n) is 19.7. The predicted octanol–water partition coefficient (Wildman–Crippen LogP) is 5.36. The van der Waals surface area contributed by atoms with Crippen LogP contribution in [0.2, 0.25) is 0 Å². The first kappa shape index (κ1) is 22.9. The van der Waals surface area contributed by atoms with Crippen LogP contribution in [0.15, 0.2) is 97.3 Å². The van der Waals surface area contributed by atoms with Gasteiger partial charge in [-0.15, -0.1) is 0 Å². The van der Waals surface area contributed by atoms with Crippen molar-refractivity contribution in [3.63, 3.8) is 0 Å². The van der Waals surface area contributed by atoms with Crippen LogP contribution in [0.4, 0.5) is 5.69 Å². The van der Waals surface area contributed by atoms with E-state index in [1.165, 1.54) is 0 Å². The van der Waals surface area contributed by atoms with E-state index in [2.05, 4.69) is 67.7 Å². The second-order valence-corrected chi connectivity index (χ2v) is 8.83. The van der Waals surface area contributed by atoms with Crippen molar-refractivity contribution < 1.29 is 4.74 Å². The largest absolute Gasteiger partial charge is 0.495 e. The monoisotopic (exact) mass is 483 g/mol. The number of nitrogens with one attached hydrogen (secondary N) is 2. The molecule has 5 rings (SSSR count). The van der Waals surface area contributed by atoms with Crippen molar-refractivity contribution in [2.45, 2.75) is 18.5 Å². The summed E-state index contributed by atoms with van der Waals surface area (Å²) in [5, 5.41) is 7.81. The number of hydrogen-bond donors (Lipinski definition) is 2. The summed E-state index contributed by atoms with van der Waals surface area (Å²) in [6, 6.07) is 28.5. The molecular weight excluding hydrogens is 454 g/mol. The molecule has 0 saturated carbocycles. The maximum atomic E-state index is 5.85. The van der Waals surface area contributed by atoms with Crippen LogP contribution in [0, 0.1) is 0 Å². The number of thiocarbonyl (C=S) groups is 1. The van der Waals surface area contributed by atoms with E-state index in [4.69, 9.17) is 17.0 Å². The standard InChI is InChI=1S/C28H29N5OS/c1-34-25-16-6-5-14-23(25)32-19-9-15-24(32)27-26(22-13-7-8-17-30-22)31-28(35)33(27)20-10-18-29-21-11-3-2-4-12-21/h2-9,11-17,19,26-27,29H,10,18,20H2,1H3,(H,31,35)/t26-,27+/m1/s1. The third-order valence-corrected chi connectivity index (χ3v) is 6.66. The maximum absolute atomic E-state index is 5.85. The fourth-order valence-electron chi connectivity index (χ4n) is 4.69. The molecular formula is C28H29N5OS. The van der Waals surface area contributed by atoms with E-state index < -0.39 is 0 Å². The Morgan fingerprint density at radius 2 is 1.77 bits per heavy atom. The normalized spacial score (nSPS) is 17.3. The van der Waals surface area contributed by atoms with Crippen LogP contribution in [0.3, 0.4) is 0 Å². The number of hydrogen-bond acceptors (Lipinski definition) is 4. The molecule has 178 valence electrons. The van der Waals surface area contributed by atoms with E-state index in [0.29, 0.717) is 0 Å². The summed E-state index contributed by atoms with van der Waals surface area (Å²) < 4.78 is 7.87. The molecule has 1 aliphatic rings. The zero-order valence-corrected chi connectivity index (χ0v) is 20.5. The molecule has 1 fully saturated rings. The zero-order chi connectivity index (χ0) is 24.0. The Labute approximate surface area is 211 Å². The third-order valence-electron chi connectivity index (χ3n) is 6.30. The van der Waals surface area contributed by atoms with Gasteiger partial charge in [0.15, 0.2) is 5.11 Å². The lowest BCUT2D eigenvalue weighted by Gasteiger charge is -2.29. The SMILES string of the molecule is COc1ccccc1-n1cccc1[C@H]1[C@@H](c2ccccn2)NC(=S)N1CCCNc1ccccc1. The number of benzene rings is 2. The van der Waals surface area contributed by atoms with Crippen LogP contribution in [0.25, 0.3) is 5.69 Å². The fraction of sp³-hybridized carbons (Fsp3) is 0.214. The van der Waals surface area contributed by atoms with Gasteiger partial charge in [0.1, 0.15) is 5.75 Å². The highest BCUT2D eigenvalue weighted by atomic mass is 32.1. The summed E-state index contributed by atoms with van der Waals surface area (Å²) in [5.41, 5.74) is 4.23. The molecule has 2 aromatic heterocycles. The Morgan fingerprint density at radius 1 is 0.971 bits per heavy atom. The van der Waals surface area contributed by atoms with Gasteiger partial charge in [0.05, 0.1) is 30.6 Å². The van der Waals surface area contributed by atoms with Gasteiger partial charge in [-0.3, -0.25) is 4.98 Å². The topological polar surface area (TPSA) is 54.4 Å². The van der Waals surface area contributed by atoms with Crippen LogP contribution in [-0.2, 0) is 0 Å². The van der Waals surface area contributed by atoms with E-state index in [9.17, 15) is 0 Å². The molecule has 0 unspecified atom stereocenters.